The van der Waals surface area contributed by atoms with Gasteiger partial charge >= 0.3 is 0 Å². The molecule has 1 saturated carbocycles. The maximum Gasteiger partial charge on any atom is 0.247 e. The molecule has 2 atom stereocenters. The molecule has 2 fully saturated rings. The Kier molecular flexibility index (Phi) is 7.85. The van der Waals surface area contributed by atoms with E-state index in [9.17, 15) is 9.59 Å². The fraction of sp³-hybridized carbons (Fsp3) is 0.762. The van der Waals surface area contributed by atoms with Crippen LogP contribution in [-0.2, 0) is 14.3 Å². The number of carbonyl (C=O) groups is 2. The highest BCUT2D eigenvalue weighted by Crippen LogP contribution is 2.30. The van der Waals surface area contributed by atoms with Gasteiger partial charge in [-0.25, -0.2) is 4.98 Å². The highest BCUT2D eigenvalue weighted by atomic mass is 32.1. The van der Waals surface area contributed by atoms with Gasteiger partial charge in [0.1, 0.15) is 6.04 Å². The number of aromatic nitrogens is 1. The molecule has 6 nitrogen and oxygen atoms in total. The number of ether oxygens (including phenoxy) is 1. The third kappa shape index (κ3) is 5.77. The molecule has 1 aliphatic heterocycles. The summed E-state index contributed by atoms with van der Waals surface area (Å²) in [5.41, 5.74) is 0. The molecule has 2 aliphatic rings. The molecule has 156 valence electrons. The van der Waals surface area contributed by atoms with Crippen LogP contribution in [0.3, 0.4) is 0 Å². The van der Waals surface area contributed by atoms with Gasteiger partial charge in [0, 0.05) is 44.1 Å². The fourth-order valence-electron chi connectivity index (χ4n) is 4.32. The lowest BCUT2D eigenvalue weighted by Crippen LogP contribution is -2.55. The van der Waals surface area contributed by atoms with Crippen LogP contribution in [0.4, 0.5) is 0 Å². The second kappa shape index (κ2) is 10.3. The van der Waals surface area contributed by atoms with E-state index in [1.807, 2.05) is 23.4 Å². The number of hydrogen-bond donors (Lipinski definition) is 1. The number of thiazole rings is 1. The van der Waals surface area contributed by atoms with Gasteiger partial charge in [-0.05, 0) is 38.5 Å². The number of nitrogens with one attached hydrogen (secondary N) is 1. The lowest BCUT2D eigenvalue weighted by molar-refractivity contribution is -0.141. The van der Waals surface area contributed by atoms with Crippen molar-refractivity contribution in [3.8, 4) is 0 Å². The molecule has 7 heteroatoms. The van der Waals surface area contributed by atoms with Gasteiger partial charge in [0.05, 0.1) is 11.1 Å². The van der Waals surface area contributed by atoms with E-state index >= 15 is 0 Å². The molecule has 1 aromatic rings. The molecule has 0 unspecified atom stereocenters. The Morgan fingerprint density at radius 1 is 1.25 bits per heavy atom. The van der Waals surface area contributed by atoms with Crippen molar-refractivity contribution in [1.82, 2.24) is 15.2 Å². The van der Waals surface area contributed by atoms with Crippen LogP contribution in [0.15, 0.2) is 11.6 Å². The maximum absolute atomic E-state index is 13.1. The summed E-state index contributed by atoms with van der Waals surface area (Å²) in [5, 5.41) is 6.00. The van der Waals surface area contributed by atoms with Crippen LogP contribution in [0.5, 0.6) is 0 Å². The van der Waals surface area contributed by atoms with E-state index in [0.717, 1.165) is 17.8 Å². The molecular formula is C21H33N3O3S. The molecule has 0 aromatic carbocycles. The van der Waals surface area contributed by atoms with Gasteiger partial charge in [-0.1, -0.05) is 19.3 Å². The van der Waals surface area contributed by atoms with E-state index < -0.39 is 6.04 Å². The quantitative estimate of drug-likeness (QED) is 0.752. The smallest absolute Gasteiger partial charge is 0.247 e. The largest absolute Gasteiger partial charge is 0.376 e. The molecule has 2 amide bonds. The molecule has 0 bridgehead atoms. The molecule has 1 saturated heterocycles. The second-order valence-electron chi connectivity index (χ2n) is 8.19. The van der Waals surface area contributed by atoms with E-state index in [0.29, 0.717) is 31.5 Å². The third-order valence-corrected chi connectivity index (χ3v) is 6.96. The van der Waals surface area contributed by atoms with Crippen LogP contribution < -0.4 is 5.32 Å². The molecule has 1 N–H and O–H groups in total. The normalized spacial score (nSPS) is 21.3. The molecule has 1 aromatic heterocycles. The Hall–Kier alpha value is -1.47. The van der Waals surface area contributed by atoms with Gasteiger partial charge in [0.25, 0.3) is 0 Å². The van der Waals surface area contributed by atoms with Crippen molar-refractivity contribution in [2.75, 3.05) is 19.7 Å². The zero-order valence-corrected chi connectivity index (χ0v) is 17.9. The summed E-state index contributed by atoms with van der Waals surface area (Å²) in [7, 11) is 0. The van der Waals surface area contributed by atoms with Crippen molar-refractivity contribution in [2.24, 2.45) is 5.92 Å². The van der Waals surface area contributed by atoms with Crippen molar-refractivity contribution < 1.29 is 14.3 Å². The Balaban J connectivity index is 1.54. The first-order chi connectivity index (χ1) is 13.5. The maximum atomic E-state index is 13.1. The molecule has 2 heterocycles. The van der Waals surface area contributed by atoms with Crippen molar-refractivity contribution in [3.63, 3.8) is 0 Å². The second-order valence-corrected chi connectivity index (χ2v) is 9.12. The first kappa shape index (κ1) is 21.2. The first-order valence-corrected chi connectivity index (χ1v) is 11.5. The van der Waals surface area contributed by atoms with Gasteiger partial charge < -0.3 is 15.0 Å². The van der Waals surface area contributed by atoms with Gasteiger partial charge in [0.2, 0.25) is 11.8 Å². The van der Waals surface area contributed by atoms with E-state index in [2.05, 4.69) is 10.3 Å². The topological polar surface area (TPSA) is 71.5 Å². The van der Waals surface area contributed by atoms with Crippen LogP contribution >= 0.6 is 11.3 Å². The standard InChI is InChI=1S/C21H33N3O3S/c1-15(27-14-17-6-4-3-5-7-17)19(23-16(2)25)21(26)24-11-8-18(9-12-24)20-22-10-13-28-20/h10,13,15,17-19H,3-9,11-12,14H2,1-2H3,(H,23,25)/t15-,19+/m1/s1. The highest BCUT2D eigenvalue weighted by molar-refractivity contribution is 7.09. The zero-order chi connectivity index (χ0) is 19.9. The number of piperidine rings is 1. The molecule has 1 aliphatic carbocycles. The Labute approximate surface area is 172 Å². The molecule has 3 rings (SSSR count). The number of amides is 2. The lowest BCUT2D eigenvalue weighted by atomic mass is 9.90. The SMILES string of the molecule is CC(=O)N[C@H](C(=O)N1CCC(c2nccs2)CC1)[C@@H](C)OCC1CCCCC1. The first-order valence-electron chi connectivity index (χ1n) is 10.6. The summed E-state index contributed by atoms with van der Waals surface area (Å²) in [6.07, 6.45) is 9.62. The number of nitrogens with zero attached hydrogens (tertiary/aromatic N) is 2. The minimum Gasteiger partial charge on any atom is -0.376 e. The molecular weight excluding hydrogens is 374 g/mol. The van der Waals surface area contributed by atoms with Crippen LogP contribution in [-0.4, -0.2) is 53.5 Å². The van der Waals surface area contributed by atoms with Crippen LogP contribution in [0.1, 0.15) is 69.7 Å². The lowest BCUT2D eigenvalue weighted by Gasteiger charge is -2.35. The van der Waals surface area contributed by atoms with E-state index in [4.69, 9.17) is 4.74 Å². The van der Waals surface area contributed by atoms with Gasteiger partial charge in [-0.2, -0.15) is 0 Å². The zero-order valence-electron chi connectivity index (χ0n) is 17.1. The number of rotatable bonds is 7. The van der Waals surface area contributed by atoms with Crippen LogP contribution in [0.2, 0.25) is 0 Å². The Morgan fingerprint density at radius 2 is 1.96 bits per heavy atom. The van der Waals surface area contributed by atoms with Crippen LogP contribution in [0, 0.1) is 5.92 Å². The van der Waals surface area contributed by atoms with Crippen molar-refractivity contribution in [1.29, 1.82) is 0 Å². The van der Waals surface area contributed by atoms with E-state index in [1.165, 1.54) is 39.0 Å². The van der Waals surface area contributed by atoms with Crippen molar-refractivity contribution in [2.45, 2.75) is 76.9 Å². The Morgan fingerprint density at radius 3 is 2.57 bits per heavy atom. The molecule has 0 spiro atoms. The number of hydrogen-bond acceptors (Lipinski definition) is 5. The summed E-state index contributed by atoms with van der Waals surface area (Å²) in [6, 6.07) is -0.613. The molecule has 28 heavy (non-hydrogen) atoms. The predicted octanol–water partition coefficient (Wildman–Crippen LogP) is 3.34. The number of likely N-dealkylation sites (tertiary alicyclic amines) is 1. The predicted molar refractivity (Wildman–Crippen MR) is 110 cm³/mol. The molecule has 0 radical (unpaired) electrons. The Bertz CT molecular complexity index is 623. The van der Waals surface area contributed by atoms with Gasteiger partial charge in [-0.15, -0.1) is 11.3 Å². The fourth-order valence-corrected chi connectivity index (χ4v) is 5.13. The minimum absolute atomic E-state index is 0.0241. The third-order valence-electron chi connectivity index (χ3n) is 6.02. The van der Waals surface area contributed by atoms with Crippen LogP contribution in [0.25, 0.3) is 0 Å². The van der Waals surface area contributed by atoms with Crippen molar-refractivity contribution in [3.05, 3.63) is 16.6 Å². The summed E-state index contributed by atoms with van der Waals surface area (Å²) in [4.78, 5) is 31.2. The number of carbonyl (C=O) groups excluding carboxylic acids is 2. The average Bonchev–Trinajstić information content (AvgIpc) is 3.25. The monoisotopic (exact) mass is 407 g/mol. The van der Waals surface area contributed by atoms with E-state index in [1.54, 1.807) is 11.3 Å². The minimum atomic E-state index is -0.613. The average molecular weight is 408 g/mol. The highest BCUT2D eigenvalue weighted by Gasteiger charge is 2.34. The van der Waals surface area contributed by atoms with E-state index in [-0.39, 0.29) is 17.9 Å². The van der Waals surface area contributed by atoms with Gasteiger partial charge in [-0.3, -0.25) is 9.59 Å². The van der Waals surface area contributed by atoms with Gasteiger partial charge in [0.15, 0.2) is 0 Å². The summed E-state index contributed by atoms with van der Waals surface area (Å²) >= 11 is 1.69. The summed E-state index contributed by atoms with van der Waals surface area (Å²) < 4.78 is 6.07. The summed E-state index contributed by atoms with van der Waals surface area (Å²) in [6.45, 7) is 5.45. The summed E-state index contributed by atoms with van der Waals surface area (Å²) in [5.74, 6) is 0.801. The van der Waals surface area contributed by atoms with Crippen molar-refractivity contribution >= 4 is 23.2 Å².